The highest BCUT2D eigenvalue weighted by atomic mass is 32.1. The monoisotopic (exact) mass is 366 g/mol. The number of rotatable bonds is 4. The molecule has 2 aromatic rings. The smallest absolute Gasteiger partial charge is 0.229 e. The molecule has 0 heterocycles. The van der Waals surface area contributed by atoms with Crippen LogP contribution in [0, 0.1) is 5.92 Å². The Bertz CT molecular complexity index is 768. The molecule has 1 saturated carbocycles. The number of nitrogens with zero attached hydrogens (tertiary/aromatic N) is 2. The summed E-state index contributed by atoms with van der Waals surface area (Å²) in [5.74, 6) is 0.111. The molecule has 0 aliphatic heterocycles. The van der Waals surface area contributed by atoms with Crippen molar-refractivity contribution >= 4 is 40.3 Å². The lowest BCUT2D eigenvalue weighted by molar-refractivity contribution is -0.124. The third-order valence-corrected chi connectivity index (χ3v) is 4.58. The summed E-state index contributed by atoms with van der Waals surface area (Å²) in [6, 6.07) is 17.0. The molecular formula is C20H22N4OS. The van der Waals surface area contributed by atoms with Gasteiger partial charge in [0.1, 0.15) is 0 Å². The normalized spacial score (nSPS) is 14.9. The molecule has 2 N–H and O–H groups in total. The fourth-order valence-corrected chi connectivity index (χ4v) is 3.18. The fourth-order valence-electron chi connectivity index (χ4n) is 2.96. The molecule has 0 spiro atoms. The van der Waals surface area contributed by atoms with Gasteiger partial charge in [0.25, 0.3) is 0 Å². The fraction of sp³-hybridized carbons (Fsp3) is 0.300. The van der Waals surface area contributed by atoms with E-state index in [1.54, 1.807) is 0 Å². The van der Waals surface area contributed by atoms with Gasteiger partial charge in [-0.05, 0) is 61.5 Å². The van der Waals surface area contributed by atoms with Gasteiger partial charge in [-0.3, -0.25) is 4.79 Å². The molecule has 1 aliphatic carbocycles. The van der Waals surface area contributed by atoms with Gasteiger partial charge in [-0.15, -0.1) is 0 Å². The summed E-state index contributed by atoms with van der Waals surface area (Å²) < 4.78 is 0. The minimum atomic E-state index is 0.0236. The number of azo groups is 1. The molecule has 5 nitrogen and oxygen atoms in total. The lowest BCUT2D eigenvalue weighted by atomic mass is 9.89. The standard InChI is InChI=1S/C20H22N4OS/c25-19(15-7-3-1-4-8-15)22-20(26)21-16-11-13-18(14-12-16)24-23-17-9-5-2-6-10-17/h2,5-6,9-15H,1,3-4,7-8H2,(H2,21,22,25,26). The van der Waals surface area contributed by atoms with E-state index in [1.807, 2.05) is 54.6 Å². The Morgan fingerprint density at radius 1 is 0.885 bits per heavy atom. The van der Waals surface area contributed by atoms with Crippen molar-refractivity contribution in [1.29, 1.82) is 0 Å². The molecular weight excluding hydrogens is 344 g/mol. The summed E-state index contributed by atoms with van der Waals surface area (Å²) >= 11 is 5.24. The minimum absolute atomic E-state index is 0.0236. The summed E-state index contributed by atoms with van der Waals surface area (Å²) in [6.45, 7) is 0. The summed E-state index contributed by atoms with van der Waals surface area (Å²) in [6.07, 6.45) is 5.38. The van der Waals surface area contributed by atoms with E-state index >= 15 is 0 Å². The van der Waals surface area contributed by atoms with Crippen LogP contribution < -0.4 is 10.6 Å². The molecule has 0 saturated heterocycles. The van der Waals surface area contributed by atoms with Crippen LogP contribution in [0.5, 0.6) is 0 Å². The third-order valence-electron chi connectivity index (χ3n) is 4.38. The van der Waals surface area contributed by atoms with Gasteiger partial charge in [0, 0.05) is 11.6 Å². The van der Waals surface area contributed by atoms with Gasteiger partial charge in [-0.25, -0.2) is 0 Å². The zero-order valence-corrected chi connectivity index (χ0v) is 15.3. The van der Waals surface area contributed by atoms with Gasteiger partial charge in [-0.2, -0.15) is 10.2 Å². The number of hydrogen-bond donors (Lipinski definition) is 2. The minimum Gasteiger partial charge on any atom is -0.332 e. The van der Waals surface area contributed by atoms with Crippen LogP contribution in [0.15, 0.2) is 64.8 Å². The van der Waals surface area contributed by atoms with E-state index in [0.29, 0.717) is 5.11 Å². The SMILES string of the molecule is O=C(NC(=S)Nc1ccc(N=Nc2ccccc2)cc1)C1CCCCC1. The lowest BCUT2D eigenvalue weighted by Gasteiger charge is -2.21. The number of carbonyl (C=O) groups is 1. The summed E-state index contributed by atoms with van der Waals surface area (Å²) in [5, 5.41) is 14.6. The third kappa shape index (κ3) is 5.46. The van der Waals surface area contributed by atoms with Crippen molar-refractivity contribution in [3.63, 3.8) is 0 Å². The van der Waals surface area contributed by atoms with Crippen LogP contribution in [0.4, 0.5) is 17.1 Å². The summed E-state index contributed by atoms with van der Waals surface area (Å²) in [5.41, 5.74) is 2.36. The van der Waals surface area contributed by atoms with Gasteiger partial charge >= 0.3 is 0 Å². The van der Waals surface area contributed by atoms with Gasteiger partial charge in [0.15, 0.2) is 5.11 Å². The molecule has 26 heavy (non-hydrogen) atoms. The Kier molecular flexibility index (Phi) is 6.44. The van der Waals surface area contributed by atoms with Crippen molar-refractivity contribution in [3.8, 4) is 0 Å². The second kappa shape index (κ2) is 9.20. The van der Waals surface area contributed by atoms with E-state index < -0.39 is 0 Å². The quantitative estimate of drug-likeness (QED) is 0.555. The van der Waals surface area contributed by atoms with Crippen LogP contribution in [0.3, 0.4) is 0 Å². The Morgan fingerprint density at radius 3 is 2.15 bits per heavy atom. The van der Waals surface area contributed by atoms with Gasteiger partial charge in [-0.1, -0.05) is 37.5 Å². The van der Waals surface area contributed by atoms with E-state index in [4.69, 9.17) is 12.2 Å². The van der Waals surface area contributed by atoms with Gasteiger partial charge in [0.05, 0.1) is 11.4 Å². The highest BCUT2D eigenvalue weighted by Gasteiger charge is 2.21. The van der Waals surface area contributed by atoms with Crippen LogP contribution in [0.1, 0.15) is 32.1 Å². The van der Waals surface area contributed by atoms with Gasteiger partial charge < -0.3 is 10.6 Å². The van der Waals surface area contributed by atoms with E-state index in [-0.39, 0.29) is 11.8 Å². The molecule has 0 radical (unpaired) electrons. The largest absolute Gasteiger partial charge is 0.332 e. The highest BCUT2D eigenvalue weighted by Crippen LogP contribution is 2.24. The first-order valence-corrected chi connectivity index (χ1v) is 9.30. The van der Waals surface area contributed by atoms with Crippen LogP contribution in [0.25, 0.3) is 0 Å². The zero-order chi connectivity index (χ0) is 18.2. The molecule has 3 rings (SSSR count). The van der Waals surface area contributed by atoms with Crippen molar-refractivity contribution < 1.29 is 4.79 Å². The first-order valence-electron chi connectivity index (χ1n) is 8.89. The molecule has 0 aromatic heterocycles. The van der Waals surface area contributed by atoms with Crippen molar-refractivity contribution in [2.45, 2.75) is 32.1 Å². The van der Waals surface area contributed by atoms with E-state index in [2.05, 4.69) is 20.9 Å². The Hall–Kier alpha value is -2.60. The van der Waals surface area contributed by atoms with Crippen molar-refractivity contribution in [3.05, 3.63) is 54.6 Å². The zero-order valence-electron chi connectivity index (χ0n) is 14.5. The molecule has 0 atom stereocenters. The topological polar surface area (TPSA) is 65.8 Å². The Labute approximate surface area is 158 Å². The highest BCUT2D eigenvalue weighted by molar-refractivity contribution is 7.80. The van der Waals surface area contributed by atoms with E-state index in [9.17, 15) is 4.79 Å². The van der Waals surface area contributed by atoms with Crippen molar-refractivity contribution in [1.82, 2.24) is 5.32 Å². The summed E-state index contributed by atoms with van der Waals surface area (Å²) in [4.78, 5) is 12.2. The van der Waals surface area contributed by atoms with Crippen molar-refractivity contribution in [2.75, 3.05) is 5.32 Å². The molecule has 0 bridgehead atoms. The van der Waals surface area contributed by atoms with Crippen LogP contribution in [-0.4, -0.2) is 11.0 Å². The number of amides is 1. The predicted molar refractivity (Wildman–Crippen MR) is 108 cm³/mol. The lowest BCUT2D eigenvalue weighted by Crippen LogP contribution is -2.38. The van der Waals surface area contributed by atoms with Crippen molar-refractivity contribution in [2.24, 2.45) is 16.1 Å². The van der Waals surface area contributed by atoms with Gasteiger partial charge in [0.2, 0.25) is 5.91 Å². The number of hydrogen-bond acceptors (Lipinski definition) is 4. The van der Waals surface area contributed by atoms with E-state index in [0.717, 1.165) is 42.7 Å². The number of anilines is 1. The number of nitrogens with one attached hydrogen (secondary N) is 2. The van der Waals surface area contributed by atoms with Crippen LogP contribution in [0.2, 0.25) is 0 Å². The number of carbonyl (C=O) groups excluding carboxylic acids is 1. The summed E-state index contributed by atoms with van der Waals surface area (Å²) in [7, 11) is 0. The second-order valence-electron chi connectivity index (χ2n) is 6.36. The maximum Gasteiger partial charge on any atom is 0.229 e. The molecule has 6 heteroatoms. The molecule has 1 aliphatic rings. The van der Waals surface area contributed by atoms with E-state index in [1.165, 1.54) is 6.42 Å². The molecule has 134 valence electrons. The predicted octanol–water partition coefficient (Wildman–Crippen LogP) is 5.50. The number of thiocarbonyl (C=S) groups is 1. The maximum atomic E-state index is 12.2. The average Bonchev–Trinajstić information content (AvgIpc) is 2.69. The Morgan fingerprint density at radius 2 is 1.50 bits per heavy atom. The molecule has 1 fully saturated rings. The first-order chi connectivity index (χ1) is 12.7. The maximum absolute atomic E-state index is 12.2. The molecule has 1 amide bonds. The average molecular weight is 366 g/mol. The second-order valence-corrected chi connectivity index (χ2v) is 6.77. The first kappa shape index (κ1) is 18.2. The number of benzene rings is 2. The molecule has 0 unspecified atom stereocenters. The van der Waals surface area contributed by atoms with Crippen LogP contribution >= 0.6 is 12.2 Å². The Balaban J connectivity index is 1.51. The molecule has 2 aromatic carbocycles. The van der Waals surface area contributed by atoms with Crippen LogP contribution in [-0.2, 0) is 4.79 Å².